The number of likely N-dealkylation sites (N-methyl/N-ethyl adjacent to an activating group) is 1. The minimum atomic E-state index is -0.119. The Labute approximate surface area is 263 Å². The number of fused-ring (bicyclic) bond motifs is 4. The molecule has 0 aliphatic carbocycles. The number of carbonyl (C=O) groups is 1. The van der Waals surface area contributed by atoms with Gasteiger partial charge in [-0.1, -0.05) is 60.7 Å². The number of anilines is 2. The third kappa shape index (κ3) is 5.11. The number of urea groups is 1. The van der Waals surface area contributed by atoms with Crippen LogP contribution in [0, 0.1) is 6.92 Å². The summed E-state index contributed by atoms with van der Waals surface area (Å²) in [6, 6.07) is 26.3. The molecule has 5 aromatic rings. The number of H-pyrrole nitrogens is 1. The number of carbonyl (C=O) groups excluding carboxylic acids is 1. The van der Waals surface area contributed by atoms with E-state index in [1.807, 2.05) is 42.2 Å². The number of aromatic amines is 1. The number of likely N-dealkylation sites (tertiary alicyclic amines) is 1. The molecule has 2 fully saturated rings. The van der Waals surface area contributed by atoms with E-state index in [-0.39, 0.29) is 12.0 Å². The standard InChI is InChI=1S/C36H38N8O/c1-22-29(8-5-9-31(22)39-36(45)43-18-25-6-3-4-7-26(25)19-43)33-30-16-32(38-34(30)41-35(37)40-33)24-12-10-23(11-13-24)17-44-27-14-15-28(44)21-42(2)20-27/h3-13,16,27-28H,14-15,17-21H2,1-2H3,(H,39,45)(H3,37,38,40,41). The largest absolute Gasteiger partial charge is 0.368 e. The molecule has 4 N–H and O–H groups in total. The van der Waals surface area contributed by atoms with Crippen LogP contribution < -0.4 is 11.1 Å². The summed E-state index contributed by atoms with van der Waals surface area (Å²) >= 11 is 0. The van der Waals surface area contributed by atoms with Gasteiger partial charge in [-0.15, -0.1) is 0 Å². The highest BCUT2D eigenvalue weighted by Crippen LogP contribution is 2.36. The molecule has 2 amide bonds. The molecule has 3 aliphatic rings. The quantitative estimate of drug-likeness (QED) is 0.229. The van der Waals surface area contributed by atoms with Gasteiger partial charge in [0.25, 0.3) is 0 Å². The smallest absolute Gasteiger partial charge is 0.322 e. The molecule has 2 aromatic heterocycles. The zero-order chi connectivity index (χ0) is 30.7. The Morgan fingerprint density at radius 3 is 2.38 bits per heavy atom. The highest BCUT2D eigenvalue weighted by Gasteiger charge is 2.38. The number of nitrogens with two attached hydrogens (primary N) is 1. The van der Waals surface area contributed by atoms with Crippen LogP contribution in [0.25, 0.3) is 33.5 Å². The second-order valence-corrected chi connectivity index (χ2v) is 12.9. The van der Waals surface area contributed by atoms with Crippen LogP contribution in [0.4, 0.5) is 16.4 Å². The summed E-state index contributed by atoms with van der Waals surface area (Å²) in [5.41, 5.74) is 16.0. The number of rotatable bonds is 5. The van der Waals surface area contributed by atoms with Crippen molar-refractivity contribution in [2.75, 3.05) is 31.2 Å². The minimum Gasteiger partial charge on any atom is -0.368 e. The first kappa shape index (κ1) is 27.8. The minimum absolute atomic E-state index is 0.119. The normalized spacial score (nSPS) is 19.7. The van der Waals surface area contributed by atoms with Gasteiger partial charge in [-0.3, -0.25) is 4.90 Å². The summed E-state index contributed by atoms with van der Waals surface area (Å²) in [6.07, 6.45) is 2.60. The van der Waals surface area contributed by atoms with Gasteiger partial charge < -0.3 is 25.8 Å². The summed E-state index contributed by atoms with van der Waals surface area (Å²) in [5.74, 6) is 0.201. The summed E-state index contributed by atoms with van der Waals surface area (Å²) in [4.78, 5) is 33.0. The third-order valence-corrected chi connectivity index (χ3v) is 9.91. The van der Waals surface area contributed by atoms with Crippen molar-refractivity contribution in [1.29, 1.82) is 0 Å². The number of piperazine rings is 1. The Hall–Kier alpha value is -4.73. The van der Waals surface area contributed by atoms with Crippen molar-refractivity contribution in [1.82, 2.24) is 29.7 Å². The Kier molecular flexibility index (Phi) is 6.80. The Bertz CT molecular complexity index is 1880. The number of amides is 2. The molecule has 5 heterocycles. The van der Waals surface area contributed by atoms with Gasteiger partial charge in [0, 0.05) is 67.1 Å². The van der Waals surface area contributed by atoms with Crippen LogP contribution in [0.2, 0.25) is 0 Å². The second kappa shape index (κ2) is 11.0. The van der Waals surface area contributed by atoms with Gasteiger partial charge in [-0.05, 0) is 66.8 Å². The molecule has 2 bridgehead atoms. The fourth-order valence-corrected chi connectivity index (χ4v) is 7.55. The van der Waals surface area contributed by atoms with Crippen LogP contribution in [-0.4, -0.2) is 67.9 Å². The van der Waals surface area contributed by atoms with Crippen molar-refractivity contribution in [3.63, 3.8) is 0 Å². The number of aromatic nitrogens is 3. The molecule has 2 saturated heterocycles. The van der Waals surface area contributed by atoms with E-state index in [4.69, 9.17) is 5.73 Å². The van der Waals surface area contributed by atoms with Crippen molar-refractivity contribution in [2.24, 2.45) is 0 Å². The predicted molar refractivity (Wildman–Crippen MR) is 178 cm³/mol. The number of hydrogen-bond donors (Lipinski definition) is 3. The molecule has 228 valence electrons. The van der Waals surface area contributed by atoms with Crippen molar-refractivity contribution >= 4 is 28.7 Å². The molecule has 8 rings (SSSR count). The fraction of sp³-hybridized carbons (Fsp3) is 0.306. The monoisotopic (exact) mass is 598 g/mol. The highest BCUT2D eigenvalue weighted by atomic mass is 16.2. The van der Waals surface area contributed by atoms with Gasteiger partial charge in [0.1, 0.15) is 5.65 Å². The molecule has 0 saturated carbocycles. The first-order chi connectivity index (χ1) is 21.9. The van der Waals surface area contributed by atoms with Crippen LogP contribution in [0.5, 0.6) is 0 Å². The maximum absolute atomic E-state index is 13.3. The van der Waals surface area contributed by atoms with Crippen LogP contribution >= 0.6 is 0 Å². The molecule has 0 radical (unpaired) electrons. The molecule has 2 unspecified atom stereocenters. The molecule has 9 nitrogen and oxygen atoms in total. The van der Waals surface area contributed by atoms with Crippen molar-refractivity contribution in [3.8, 4) is 22.5 Å². The number of nitrogens with zero attached hydrogens (tertiary/aromatic N) is 5. The number of benzene rings is 3. The van der Waals surface area contributed by atoms with Crippen molar-refractivity contribution < 1.29 is 4.79 Å². The van der Waals surface area contributed by atoms with Crippen LogP contribution in [0.15, 0.2) is 72.8 Å². The average Bonchev–Trinajstić information content (AvgIpc) is 3.72. The van der Waals surface area contributed by atoms with E-state index in [1.54, 1.807) is 0 Å². The molecule has 3 aromatic carbocycles. The molecule has 2 atom stereocenters. The van der Waals surface area contributed by atoms with E-state index in [2.05, 4.69) is 79.6 Å². The van der Waals surface area contributed by atoms with Gasteiger partial charge in [0.15, 0.2) is 0 Å². The Morgan fingerprint density at radius 1 is 0.956 bits per heavy atom. The maximum Gasteiger partial charge on any atom is 0.322 e. The van der Waals surface area contributed by atoms with E-state index in [1.165, 1.54) is 29.5 Å². The summed E-state index contributed by atoms with van der Waals surface area (Å²) in [5, 5.41) is 4.02. The Morgan fingerprint density at radius 2 is 1.67 bits per heavy atom. The predicted octanol–water partition coefficient (Wildman–Crippen LogP) is 6.01. The van der Waals surface area contributed by atoms with Crippen LogP contribution in [0.3, 0.4) is 0 Å². The number of nitrogen functional groups attached to an aromatic ring is 1. The molecule has 45 heavy (non-hydrogen) atoms. The van der Waals surface area contributed by atoms with Gasteiger partial charge in [0.2, 0.25) is 5.95 Å². The second-order valence-electron chi connectivity index (χ2n) is 12.9. The SMILES string of the molecule is Cc1c(NC(=O)N2Cc3ccccc3C2)cccc1-c1nc(N)nc2[nH]c(-c3ccc(CN4C5CCC4CN(C)C5)cc3)cc12. The lowest BCUT2D eigenvalue weighted by Gasteiger charge is -2.39. The highest BCUT2D eigenvalue weighted by molar-refractivity contribution is 5.98. The van der Waals surface area contributed by atoms with E-state index < -0.39 is 0 Å². The van der Waals surface area contributed by atoms with E-state index in [0.29, 0.717) is 30.8 Å². The average molecular weight is 599 g/mol. The zero-order valence-electron chi connectivity index (χ0n) is 25.8. The van der Waals surface area contributed by atoms with E-state index >= 15 is 0 Å². The molecular formula is C36H38N8O. The lowest BCUT2D eigenvalue weighted by Crippen LogP contribution is -2.51. The lowest BCUT2D eigenvalue weighted by molar-refractivity contribution is 0.0760. The van der Waals surface area contributed by atoms with Crippen molar-refractivity contribution in [3.05, 3.63) is 95.1 Å². The third-order valence-electron chi connectivity index (χ3n) is 9.91. The molecular weight excluding hydrogens is 560 g/mol. The van der Waals surface area contributed by atoms with Gasteiger partial charge in [-0.25, -0.2) is 9.78 Å². The van der Waals surface area contributed by atoms with E-state index in [0.717, 1.165) is 58.8 Å². The van der Waals surface area contributed by atoms with Crippen LogP contribution in [-0.2, 0) is 19.6 Å². The van der Waals surface area contributed by atoms with Crippen LogP contribution in [0.1, 0.15) is 35.1 Å². The number of nitrogens with one attached hydrogen (secondary N) is 2. The molecule has 3 aliphatic heterocycles. The summed E-state index contributed by atoms with van der Waals surface area (Å²) in [6.45, 7) is 6.55. The Balaban J connectivity index is 1.04. The molecule has 0 spiro atoms. The van der Waals surface area contributed by atoms with Gasteiger partial charge in [-0.2, -0.15) is 4.98 Å². The summed E-state index contributed by atoms with van der Waals surface area (Å²) in [7, 11) is 2.24. The van der Waals surface area contributed by atoms with Gasteiger partial charge in [0.05, 0.1) is 5.69 Å². The first-order valence-corrected chi connectivity index (χ1v) is 15.8. The van der Waals surface area contributed by atoms with Crippen molar-refractivity contribution in [2.45, 2.75) is 51.5 Å². The fourth-order valence-electron chi connectivity index (χ4n) is 7.55. The summed E-state index contributed by atoms with van der Waals surface area (Å²) < 4.78 is 0. The topological polar surface area (TPSA) is 106 Å². The van der Waals surface area contributed by atoms with E-state index in [9.17, 15) is 4.79 Å². The molecule has 9 heteroatoms. The maximum atomic E-state index is 13.3. The first-order valence-electron chi connectivity index (χ1n) is 15.8. The van der Waals surface area contributed by atoms with Gasteiger partial charge >= 0.3 is 6.03 Å². The lowest BCUT2D eigenvalue weighted by atomic mass is 10.0. The number of hydrogen-bond acceptors (Lipinski definition) is 6. The zero-order valence-corrected chi connectivity index (χ0v) is 25.8.